The Labute approximate surface area is 203 Å². The van der Waals surface area contributed by atoms with Crippen LogP contribution in [-0.4, -0.2) is 51.0 Å². The largest absolute Gasteiger partial charge is 0.359 e. The van der Waals surface area contributed by atoms with Crippen LogP contribution in [0.25, 0.3) is 11.4 Å². The van der Waals surface area contributed by atoms with Crippen molar-refractivity contribution in [3.05, 3.63) is 48.5 Å². The van der Waals surface area contributed by atoms with Crippen LogP contribution in [0.2, 0.25) is 0 Å². The summed E-state index contributed by atoms with van der Waals surface area (Å²) in [4.78, 5) is 36.8. The van der Waals surface area contributed by atoms with Gasteiger partial charge in [0, 0.05) is 56.3 Å². The number of hydrogen-bond donors (Lipinski definition) is 2. The van der Waals surface area contributed by atoms with Crippen LogP contribution in [0.3, 0.4) is 0 Å². The Bertz CT molecular complexity index is 1260. The second-order valence-electron chi connectivity index (χ2n) is 9.26. The molecular formula is C25H27N9O. The highest BCUT2D eigenvalue weighted by atomic mass is 16.1. The number of pyridine rings is 1. The number of rotatable bonds is 5. The van der Waals surface area contributed by atoms with Crippen molar-refractivity contribution >= 4 is 23.5 Å². The molecule has 1 aliphatic heterocycles. The molecule has 0 aromatic carbocycles. The van der Waals surface area contributed by atoms with E-state index < -0.39 is 0 Å². The number of carbonyl (C=O) groups is 1. The van der Waals surface area contributed by atoms with E-state index in [0.29, 0.717) is 17.6 Å². The number of nitriles is 1. The summed E-state index contributed by atoms with van der Waals surface area (Å²) in [5.41, 5.74) is 1.19. The van der Waals surface area contributed by atoms with Crippen LogP contribution in [0.15, 0.2) is 42.9 Å². The topological polar surface area (TPSA) is 133 Å². The second-order valence-corrected chi connectivity index (χ2v) is 9.26. The van der Waals surface area contributed by atoms with Gasteiger partial charge in [0.1, 0.15) is 23.4 Å². The third-order valence-electron chi connectivity index (χ3n) is 6.96. The smallest absolute Gasteiger partial charge is 0.229 e. The molecule has 5 rings (SSSR count). The Morgan fingerprint density at radius 1 is 1.23 bits per heavy atom. The molecule has 2 aliphatic rings. The van der Waals surface area contributed by atoms with E-state index in [1.807, 2.05) is 24.3 Å². The van der Waals surface area contributed by atoms with Gasteiger partial charge in [0.15, 0.2) is 5.82 Å². The lowest BCUT2D eigenvalue weighted by molar-refractivity contribution is -0.126. The van der Waals surface area contributed by atoms with Gasteiger partial charge < -0.3 is 15.5 Å². The van der Waals surface area contributed by atoms with E-state index in [4.69, 9.17) is 10.2 Å². The average molecular weight is 470 g/mol. The molecule has 2 fully saturated rings. The van der Waals surface area contributed by atoms with Gasteiger partial charge in [-0.25, -0.2) is 19.9 Å². The minimum Gasteiger partial charge on any atom is -0.359 e. The summed E-state index contributed by atoms with van der Waals surface area (Å²) >= 11 is 0. The standard InChI is InChI=1S/C25H27N9O/c1-27-23(35)17-4-2-7-25(13-17)8-11-34(16-25)21-12-20(32-24-29-10-6-19(14-26)30-24)31-22(33-21)18-5-3-9-28-15-18/h3,5-6,9-10,12,15,17H,2,4,7-8,11,13,16H2,1H3,(H,27,35)(H,29,30,31,32,33). The van der Waals surface area contributed by atoms with Crippen LogP contribution in [0.5, 0.6) is 0 Å². The predicted molar refractivity (Wildman–Crippen MR) is 131 cm³/mol. The summed E-state index contributed by atoms with van der Waals surface area (Å²) in [5.74, 6) is 2.40. The summed E-state index contributed by atoms with van der Waals surface area (Å²) in [6, 6.07) is 9.24. The van der Waals surface area contributed by atoms with E-state index in [2.05, 4.69) is 35.5 Å². The number of carbonyl (C=O) groups excluding carboxylic acids is 1. The van der Waals surface area contributed by atoms with Crippen molar-refractivity contribution in [2.24, 2.45) is 11.3 Å². The first-order valence-corrected chi connectivity index (χ1v) is 11.8. The molecule has 10 nitrogen and oxygen atoms in total. The molecule has 2 unspecified atom stereocenters. The first kappa shape index (κ1) is 22.7. The van der Waals surface area contributed by atoms with E-state index in [1.54, 1.807) is 25.5 Å². The lowest BCUT2D eigenvalue weighted by atomic mass is 9.69. The highest BCUT2D eigenvalue weighted by molar-refractivity contribution is 5.78. The monoisotopic (exact) mass is 469 g/mol. The van der Waals surface area contributed by atoms with Gasteiger partial charge in [-0.1, -0.05) is 6.42 Å². The van der Waals surface area contributed by atoms with Gasteiger partial charge in [-0.2, -0.15) is 5.26 Å². The molecule has 0 radical (unpaired) electrons. The fourth-order valence-electron chi connectivity index (χ4n) is 5.26. The van der Waals surface area contributed by atoms with Crippen molar-refractivity contribution in [3.63, 3.8) is 0 Å². The summed E-state index contributed by atoms with van der Waals surface area (Å²) in [6.07, 6.45) is 10.1. The quantitative estimate of drug-likeness (QED) is 0.578. The summed E-state index contributed by atoms with van der Waals surface area (Å²) in [7, 11) is 1.72. The molecule has 1 amide bonds. The molecular weight excluding hydrogens is 442 g/mol. The first-order chi connectivity index (χ1) is 17.1. The maximum atomic E-state index is 12.3. The minimum atomic E-state index is 0.0758. The van der Waals surface area contributed by atoms with Crippen molar-refractivity contribution < 1.29 is 4.79 Å². The van der Waals surface area contributed by atoms with Crippen LogP contribution in [0.1, 0.15) is 37.8 Å². The van der Waals surface area contributed by atoms with Crippen molar-refractivity contribution in [3.8, 4) is 17.5 Å². The highest BCUT2D eigenvalue weighted by Gasteiger charge is 2.43. The van der Waals surface area contributed by atoms with Crippen molar-refractivity contribution in [1.29, 1.82) is 5.26 Å². The van der Waals surface area contributed by atoms with Gasteiger partial charge in [0.25, 0.3) is 0 Å². The van der Waals surface area contributed by atoms with Gasteiger partial charge in [0.05, 0.1) is 0 Å². The number of anilines is 3. The zero-order valence-corrected chi connectivity index (χ0v) is 19.6. The molecule has 10 heteroatoms. The van der Waals surface area contributed by atoms with Gasteiger partial charge in [-0.15, -0.1) is 0 Å². The first-order valence-electron chi connectivity index (χ1n) is 11.8. The van der Waals surface area contributed by atoms with E-state index in [9.17, 15) is 4.79 Å². The molecule has 4 heterocycles. The summed E-state index contributed by atoms with van der Waals surface area (Å²) in [5, 5.41) is 15.1. The third-order valence-corrected chi connectivity index (χ3v) is 6.96. The van der Waals surface area contributed by atoms with Crippen molar-refractivity contribution in [2.45, 2.75) is 32.1 Å². The molecule has 35 heavy (non-hydrogen) atoms. The number of amides is 1. The number of nitrogens with zero attached hydrogens (tertiary/aromatic N) is 7. The zero-order chi connectivity index (χ0) is 24.3. The van der Waals surface area contributed by atoms with E-state index in [-0.39, 0.29) is 22.9 Å². The van der Waals surface area contributed by atoms with E-state index >= 15 is 0 Å². The van der Waals surface area contributed by atoms with Crippen molar-refractivity contribution in [1.82, 2.24) is 30.2 Å². The van der Waals surface area contributed by atoms with Crippen LogP contribution >= 0.6 is 0 Å². The fourth-order valence-corrected chi connectivity index (χ4v) is 5.26. The van der Waals surface area contributed by atoms with Gasteiger partial charge in [0.2, 0.25) is 11.9 Å². The molecule has 2 atom stereocenters. The lowest BCUT2D eigenvalue weighted by Gasteiger charge is -2.37. The molecule has 1 saturated carbocycles. The Morgan fingerprint density at radius 3 is 2.94 bits per heavy atom. The molecule has 3 aromatic rings. The molecule has 0 bridgehead atoms. The van der Waals surface area contributed by atoms with Gasteiger partial charge in [-0.05, 0) is 49.3 Å². The Morgan fingerprint density at radius 2 is 2.14 bits per heavy atom. The Hall–Kier alpha value is -4.13. The van der Waals surface area contributed by atoms with Gasteiger partial charge in [-0.3, -0.25) is 9.78 Å². The minimum absolute atomic E-state index is 0.0758. The number of aromatic nitrogens is 5. The maximum absolute atomic E-state index is 12.3. The normalized spacial score (nSPS) is 21.5. The van der Waals surface area contributed by atoms with Crippen LogP contribution < -0.4 is 15.5 Å². The van der Waals surface area contributed by atoms with Crippen LogP contribution in [-0.2, 0) is 4.79 Å². The molecule has 1 spiro atoms. The lowest BCUT2D eigenvalue weighted by Crippen LogP contribution is -2.38. The van der Waals surface area contributed by atoms with E-state index in [0.717, 1.165) is 56.6 Å². The highest BCUT2D eigenvalue weighted by Crippen LogP contribution is 2.47. The predicted octanol–water partition coefficient (Wildman–Crippen LogP) is 3.08. The van der Waals surface area contributed by atoms with Crippen LogP contribution in [0, 0.1) is 22.7 Å². The Kier molecular flexibility index (Phi) is 6.23. The Balaban J connectivity index is 1.45. The molecule has 3 aromatic heterocycles. The molecule has 2 N–H and O–H groups in total. The summed E-state index contributed by atoms with van der Waals surface area (Å²) < 4.78 is 0. The average Bonchev–Trinajstić information content (AvgIpc) is 3.31. The zero-order valence-electron chi connectivity index (χ0n) is 19.6. The molecule has 178 valence electrons. The van der Waals surface area contributed by atoms with Gasteiger partial charge >= 0.3 is 0 Å². The van der Waals surface area contributed by atoms with Crippen LogP contribution in [0.4, 0.5) is 17.6 Å². The molecule has 1 saturated heterocycles. The number of nitrogens with one attached hydrogen (secondary N) is 2. The fraction of sp³-hybridized carbons (Fsp3) is 0.400. The molecule has 1 aliphatic carbocycles. The SMILES string of the molecule is CNC(=O)C1CCCC2(CCN(c3cc(Nc4nccc(C#N)n4)nc(-c4cccnc4)n3)C2)C1. The van der Waals surface area contributed by atoms with E-state index in [1.165, 1.54) is 6.20 Å². The summed E-state index contributed by atoms with van der Waals surface area (Å²) in [6.45, 7) is 1.72. The maximum Gasteiger partial charge on any atom is 0.229 e. The van der Waals surface area contributed by atoms with Crippen molar-refractivity contribution in [2.75, 3.05) is 30.4 Å². The number of hydrogen-bond acceptors (Lipinski definition) is 9. The third kappa shape index (κ3) is 4.89. The second kappa shape index (κ2) is 9.62.